The number of benzene rings is 2. The van der Waals surface area contributed by atoms with Crippen LogP contribution in [0.2, 0.25) is 0 Å². The quantitative estimate of drug-likeness (QED) is 0.444. The topological polar surface area (TPSA) is 75.2 Å². The molecule has 0 unspecified atom stereocenters. The molecule has 1 saturated heterocycles. The van der Waals surface area contributed by atoms with Crippen molar-refractivity contribution in [2.45, 2.75) is 18.8 Å². The highest BCUT2D eigenvalue weighted by molar-refractivity contribution is 7.10. The summed E-state index contributed by atoms with van der Waals surface area (Å²) in [5.41, 5.74) is 2.84. The van der Waals surface area contributed by atoms with Gasteiger partial charge in [-0.05, 0) is 49.2 Å². The van der Waals surface area contributed by atoms with Gasteiger partial charge in [-0.15, -0.1) is 11.3 Å². The Hall–Kier alpha value is -4.02. The molecule has 1 N–H and O–H groups in total. The number of hydrogen-bond acceptors (Lipinski definition) is 5. The first-order valence-corrected chi connectivity index (χ1v) is 12.0. The molecule has 6 nitrogen and oxygen atoms in total. The molecule has 34 heavy (non-hydrogen) atoms. The molecule has 0 bridgehead atoms. The lowest BCUT2D eigenvalue weighted by atomic mass is 9.97. The number of fused-ring (bicyclic) bond motifs is 1. The molecule has 2 aromatic heterocycles. The Morgan fingerprint density at radius 1 is 1.03 bits per heavy atom. The summed E-state index contributed by atoms with van der Waals surface area (Å²) in [5, 5.41) is 6.63. The Morgan fingerprint density at radius 3 is 2.68 bits per heavy atom. The highest BCUT2D eigenvalue weighted by Crippen LogP contribution is 2.30. The summed E-state index contributed by atoms with van der Waals surface area (Å²) in [6.07, 6.45) is 3.37. The van der Waals surface area contributed by atoms with Gasteiger partial charge in [-0.2, -0.15) is 0 Å². The minimum Gasteiger partial charge on any atom is -0.332 e. The second kappa shape index (κ2) is 9.86. The summed E-state index contributed by atoms with van der Waals surface area (Å²) in [5.74, 6) is 5.54. The molecule has 168 valence electrons. The van der Waals surface area contributed by atoms with Gasteiger partial charge in [0.1, 0.15) is 5.69 Å². The Balaban J connectivity index is 1.18. The summed E-state index contributed by atoms with van der Waals surface area (Å²) in [7, 11) is 0. The first-order chi connectivity index (χ1) is 16.7. The zero-order valence-electron chi connectivity index (χ0n) is 18.4. The van der Waals surface area contributed by atoms with E-state index in [1.165, 1.54) is 11.3 Å². The van der Waals surface area contributed by atoms with E-state index >= 15 is 0 Å². The average Bonchev–Trinajstić information content (AvgIpc) is 3.39. The van der Waals surface area contributed by atoms with Crippen molar-refractivity contribution in [3.63, 3.8) is 0 Å². The molecule has 0 atom stereocenters. The zero-order valence-corrected chi connectivity index (χ0v) is 19.2. The van der Waals surface area contributed by atoms with Gasteiger partial charge >= 0.3 is 0 Å². The van der Waals surface area contributed by atoms with Gasteiger partial charge in [0.15, 0.2) is 0 Å². The number of nitrogens with zero attached hydrogens (tertiary/aromatic N) is 3. The fraction of sp³-hybridized carbons (Fsp3) is 0.185. The first-order valence-electron chi connectivity index (χ1n) is 11.1. The number of piperidine rings is 1. The highest BCUT2D eigenvalue weighted by atomic mass is 32.1. The molecule has 2 amide bonds. The molecule has 1 fully saturated rings. The lowest BCUT2D eigenvalue weighted by Gasteiger charge is -2.29. The van der Waals surface area contributed by atoms with Gasteiger partial charge in [0.2, 0.25) is 0 Å². The van der Waals surface area contributed by atoms with Crippen molar-refractivity contribution in [3.05, 3.63) is 88.5 Å². The molecular formula is C27H22N4O2S. The van der Waals surface area contributed by atoms with Gasteiger partial charge in [0.05, 0.1) is 10.5 Å². The number of carbonyl (C=O) groups is 2. The van der Waals surface area contributed by atoms with Gasteiger partial charge in [-0.3, -0.25) is 14.6 Å². The Morgan fingerprint density at radius 2 is 1.85 bits per heavy atom. The summed E-state index contributed by atoms with van der Waals surface area (Å²) >= 11 is 1.50. The van der Waals surface area contributed by atoms with Crippen LogP contribution in [0.4, 0.5) is 5.69 Å². The molecule has 0 aliphatic carbocycles. The van der Waals surface area contributed by atoms with Crippen LogP contribution in [0.3, 0.4) is 0 Å². The van der Waals surface area contributed by atoms with Crippen molar-refractivity contribution in [2.24, 2.45) is 0 Å². The Bertz CT molecular complexity index is 1400. The van der Waals surface area contributed by atoms with Crippen LogP contribution in [-0.4, -0.2) is 39.8 Å². The standard InChI is InChI=1S/C27H22N4O2S/c32-25(11-8-19-5-2-1-3-6-19)31-15-12-20(13-16-31)27-30-24(18-34-27)26(33)29-22-9-10-23-21(17-22)7-4-14-28-23/h1-7,9-10,14,17-18,20H,12-13,15-16H2,(H,29,33). The third-order valence-electron chi connectivity index (χ3n) is 5.83. The number of hydrogen-bond donors (Lipinski definition) is 1. The van der Waals surface area contributed by atoms with Crippen molar-refractivity contribution in [1.29, 1.82) is 0 Å². The number of carbonyl (C=O) groups excluding carboxylic acids is 2. The third kappa shape index (κ3) is 4.98. The number of anilines is 1. The van der Waals surface area contributed by atoms with Gasteiger partial charge in [-0.1, -0.05) is 30.2 Å². The SMILES string of the molecule is O=C(Nc1ccc2ncccc2c1)c1csc(C2CCN(C(=O)C#Cc3ccccc3)CC2)n1. The van der Waals surface area contributed by atoms with Crippen molar-refractivity contribution in [3.8, 4) is 11.8 Å². The van der Waals surface area contributed by atoms with E-state index in [1.807, 2.05) is 60.7 Å². The van der Waals surface area contributed by atoms with Crippen LogP contribution in [0.5, 0.6) is 0 Å². The number of pyridine rings is 1. The minimum absolute atomic E-state index is 0.146. The van der Waals surface area contributed by atoms with E-state index in [1.54, 1.807) is 16.5 Å². The summed E-state index contributed by atoms with van der Waals surface area (Å²) in [6.45, 7) is 1.28. The summed E-state index contributed by atoms with van der Waals surface area (Å²) in [6, 6.07) is 19.0. The van der Waals surface area contributed by atoms with Gasteiger partial charge in [0.25, 0.3) is 11.8 Å². The molecule has 4 aromatic rings. The van der Waals surface area contributed by atoms with E-state index in [-0.39, 0.29) is 17.7 Å². The average molecular weight is 467 g/mol. The van der Waals surface area contributed by atoms with Crippen LogP contribution in [0.25, 0.3) is 10.9 Å². The monoisotopic (exact) mass is 466 g/mol. The fourth-order valence-corrected chi connectivity index (χ4v) is 4.95. The number of likely N-dealkylation sites (tertiary alicyclic amines) is 1. The van der Waals surface area contributed by atoms with Crippen LogP contribution < -0.4 is 5.32 Å². The second-order valence-corrected chi connectivity index (χ2v) is 9.01. The molecular weight excluding hydrogens is 444 g/mol. The van der Waals surface area contributed by atoms with Crippen LogP contribution in [0.1, 0.15) is 39.8 Å². The van der Waals surface area contributed by atoms with E-state index in [0.717, 1.165) is 34.3 Å². The summed E-state index contributed by atoms with van der Waals surface area (Å²) in [4.78, 5) is 35.9. The van der Waals surface area contributed by atoms with Crippen molar-refractivity contribution in [2.75, 3.05) is 18.4 Å². The van der Waals surface area contributed by atoms with E-state index in [2.05, 4.69) is 27.1 Å². The lowest BCUT2D eigenvalue weighted by molar-refractivity contribution is -0.126. The molecule has 0 radical (unpaired) electrons. The van der Waals surface area contributed by atoms with Gasteiger partial charge < -0.3 is 10.2 Å². The number of nitrogens with one attached hydrogen (secondary N) is 1. The first kappa shape index (κ1) is 21.8. The highest BCUT2D eigenvalue weighted by Gasteiger charge is 2.26. The van der Waals surface area contributed by atoms with E-state index < -0.39 is 0 Å². The van der Waals surface area contributed by atoms with Crippen molar-refractivity contribution in [1.82, 2.24) is 14.9 Å². The third-order valence-corrected chi connectivity index (χ3v) is 6.84. The Labute approximate surface area is 201 Å². The van der Waals surface area contributed by atoms with Crippen molar-refractivity contribution < 1.29 is 9.59 Å². The zero-order chi connectivity index (χ0) is 23.3. The maximum Gasteiger partial charge on any atom is 0.298 e. The molecule has 1 aliphatic heterocycles. The molecule has 3 heterocycles. The number of aromatic nitrogens is 2. The lowest BCUT2D eigenvalue weighted by Crippen LogP contribution is -2.37. The molecule has 2 aromatic carbocycles. The second-order valence-electron chi connectivity index (χ2n) is 8.12. The van der Waals surface area contributed by atoms with E-state index in [4.69, 9.17) is 0 Å². The smallest absolute Gasteiger partial charge is 0.298 e. The van der Waals surface area contributed by atoms with Gasteiger partial charge in [0, 0.05) is 53.1 Å². The van der Waals surface area contributed by atoms with Crippen LogP contribution >= 0.6 is 11.3 Å². The Kier molecular flexibility index (Phi) is 6.32. The maximum atomic E-state index is 12.7. The predicted molar refractivity (Wildman–Crippen MR) is 134 cm³/mol. The van der Waals surface area contributed by atoms with Crippen LogP contribution in [0.15, 0.2) is 72.2 Å². The molecule has 0 saturated carbocycles. The normalized spacial score (nSPS) is 13.8. The number of rotatable bonds is 3. The van der Waals surface area contributed by atoms with Crippen molar-refractivity contribution >= 4 is 39.7 Å². The molecule has 5 rings (SSSR count). The minimum atomic E-state index is -0.227. The van der Waals surface area contributed by atoms with E-state index in [0.29, 0.717) is 24.5 Å². The van der Waals surface area contributed by atoms with Crippen LogP contribution in [0, 0.1) is 11.8 Å². The molecule has 1 aliphatic rings. The molecule has 0 spiro atoms. The predicted octanol–water partition coefficient (Wildman–Crippen LogP) is 4.70. The largest absolute Gasteiger partial charge is 0.332 e. The maximum absolute atomic E-state index is 12.7. The fourth-order valence-electron chi connectivity index (χ4n) is 3.98. The van der Waals surface area contributed by atoms with E-state index in [9.17, 15) is 9.59 Å². The number of amides is 2. The summed E-state index contributed by atoms with van der Waals surface area (Å²) < 4.78 is 0. The van der Waals surface area contributed by atoms with Crippen LogP contribution in [-0.2, 0) is 4.79 Å². The number of thiazole rings is 1. The van der Waals surface area contributed by atoms with Gasteiger partial charge in [-0.25, -0.2) is 4.98 Å². The molecule has 7 heteroatoms.